The minimum atomic E-state index is 0.364. The average Bonchev–Trinajstić information content (AvgIpc) is 3.27. The van der Waals surface area contributed by atoms with Crippen LogP contribution < -0.4 is 0 Å². The van der Waals surface area contributed by atoms with E-state index in [4.69, 9.17) is 9.84 Å². The van der Waals surface area contributed by atoms with Gasteiger partial charge in [-0.15, -0.1) is 0 Å². The van der Waals surface area contributed by atoms with Gasteiger partial charge in [-0.3, -0.25) is 0 Å². The second kappa shape index (κ2) is 14.5. The third-order valence-corrected chi connectivity index (χ3v) is 4.93. The Bertz CT molecular complexity index is 230. The van der Waals surface area contributed by atoms with Crippen molar-refractivity contribution in [3.05, 3.63) is 0 Å². The van der Waals surface area contributed by atoms with E-state index in [1.807, 2.05) is 0 Å². The van der Waals surface area contributed by atoms with E-state index in [2.05, 4.69) is 6.92 Å². The third kappa shape index (κ3) is 11.5. The van der Waals surface area contributed by atoms with E-state index in [1.165, 1.54) is 96.3 Å². The van der Waals surface area contributed by atoms with E-state index in [1.54, 1.807) is 0 Å². The molecule has 1 saturated heterocycles. The SMILES string of the molecule is CCCCCCCC1OC1CCCCCCCCCCCO. The fraction of sp³-hybridized carbons (Fsp3) is 1.00. The van der Waals surface area contributed by atoms with E-state index in [0.29, 0.717) is 18.8 Å². The number of aliphatic hydroxyl groups excluding tert-OH is 1. The van der Waals surface area contributed by atoms with Crippen LogP contribution in [0.4, 0.5) is 0 Å². The molecular weight excluding hydrogens is 272 g/mol. The van der Waals surface area contributed by atoms with Gasteiger partial charge in [-0.05, 0) is 19.3 Å². The molecule has 2 atom stereocenters. The topological polar surface area (TPSA) is 32.8 Å². The molecular formula is C20H40O2. The molecule has 2 heteroatoms. The predicted molar refractivity (Wildman–Crippen MR) is 95.3 cm³/mol. The Morgan fingerprint density at radius 1 is 0.591 bits per heavy atom. The first-order chi connectivity index (χ1) is 10.9. The highest BCUT2D eigenvalue weighted by molar-refractivity contribution is 4.84. The number of unbranched alkanes of at least 4 members (excludes halogenated alkanes) is 12. The molecule has 22 heavy (non-hydrogen) atoms. The van der Waals surface area contributed by atoms with Crippen molar-refractivity contribution in [2.75, 3.05) is 6.61 Å². The van der Waals surface area contributed by atoms with Crippen molar-refractivity contribution in [3.8, 4) is 0 Å². The molecule has 0 bridgehead atoms. The zero-order valence-corrected chi connectivity index (χ0v) is 15.0. The van der Waals surface area contributed by atoms with Crippen molar-refractivity contribution >= 4 is 0 Å². The summed E-state index contributed by atoms with van der Waals surface area (Å²) in [4.78, 5) is 0. The molecule has 0 radical (unpaired) electrons. The number of aliphatic hydroxyl groups is 1. The van der Waals surface area contributed by atoms with Gasteiger partial charge in [-0.1, -0.05) is 90.4 Å². The van der Waals surface area contributed by atoms with Crippen LogP contribution in [0.3, 0.4) is 0 Å². The van der Waals surface area contributed by atoms with Gasteiger partial charge in [0, 0.05) is 6.61 Å². The van der Waals surface area contributed by atoms with Crippen LogP contribution in [0.15, 0.2) is 0 Å². The smallest absolute Gasteiger partial charge is 0.0841 e. The monoisotopic (exact) mass is 312 g/mol. The maximum atomic E-state index is 8.71. The second-order valence-corrected chi connectivity index (χ2v) is 7.11. The summed E-state index contributed by atoms with van der Waals surface area (Å²) >= 11 is 0. The normalized spacial score (nSPS) is 20.5. The van der Waals surface area contributed by atoms with E-state index in [9.17, 15) is 0 Å². The minimum Gasteiger partial charge on any atom is -0.396 e. The van der Waals surface area contributed by atoms with Crippen LogP contribution in [0.25, 0.3) is 0 Å². The maximum Gasteiger partial charge on any atom is 0.0841 e. The van der Waals surface area contributed by atoms with Crippen LogP contribution in [-0.2, 0) is 4.74 Å². The molecule has 1 fully saturated rings. The minimum absolute atomic E-state index is 0.364. The molecule has 0 aromatic heterocycles. The molecule has 2 unspecified atom stereocenters. The van der Waals surface area contributed by atoms with Crippen LogP contribution in [0.2, 0.25) is 0 Å². The first kappa shape index (κ1) is 20.0. The molecule has 1 aliphatic heterocycles. The Kier molecular flexibility index (Phi) is 13.2. The van der Waals surface area contributed by atoms with Crippen molar-refractivity contribution in [3.63, 3.8) is 0 Å². The molecule has 1 heterocycles. The molecule has 0 aliphatic carbocycles. The van der Waals surface area contributed by atoms with Crippen LogP contribution in [0, 0.1) is 0 Å². The lowest BCUT2D eigenvalue weighted by Crippen LogP contribution is -1.94. The largest absolute Gasteiger partial charge is 0.396 e. The number of hydrogen-bond donors (Lipinski definition) is 1. The Morgan fingerprint density at radius 2 is 1.00 bits per heavy atom. The van der Waals surface area contributed by atoms with Crippen molar-refractivity contribution < 1.29 is 9.84 Å². The lowest BCUT2D eigenvalue weighted by Gasteiger charge is -2.01. The molecule has 1 rings (SSSR count). The summed E-state index contributed by atoms with van der Waals surface area (Å²) < 4.78 is 5.79. The summed E-state index contributed by atoms with van der Waals surface area (Å²) in [5.41, 5.74) is 0. The number of rotatable bonds is 17. The van der Waals surface area contributed by atoms with E-state index >= 15 is 0 Å². The fourth-order valence-electron chi connectivity index (χ4n) is 3.33. The molecule has 2 nitrogen and oxygen atoms in total. The highest BCUT2D eigenvalue weighted by Gasteiger charge is 2.36. The summed E-state index contributed by atoms with van der Waals surface area (Å²) in [6.07, 6.45) is 22.5. The number of hydrogen-bond acceptors (Lipinski definition) is 2. The van der Waals surface area contributed by atoms with E-state index < -0.39 is 0 Å². The van der Waals surface area contributed by atoms with Crippen LogP contribution in [0.1, 0.15) is 110 Å². The van der Waals surface area contributed by atoms with Crippen LogP contribution in [-0.4, -0.2) is 23.9 Å². The van der Waals surface area contributed by atoms with Gasteiger partial charge in [0.2, 0.25) is 0 Å². The van der Waals surface area contributed by atoms with Gasteiger partial charge in [0.15, 0.2) is 0 Å². The quantitative estimate of drug-likeness (QED) is 0.263. The third-order valence-electron chi connectivity index (χ3n) is 4.93. The zero-order valence-electron chi connectivity index (χ0n) is 15.0. The summed E-state index contributed by atoms with van der Waals surface area (Å²) in [7, 11) is 0. The van der Waals surface area contributed by atoms with Crippen LogP contribution >= 0.6 is 0 Å². The summed E-state index contributed by atoms with van der Waals surface area (Å²) in [6.45, 7) is 2.64. The highest BCUT2D eigenvalue weighted by atomic mass is 16.6. The molecule has 0 spiro atoms. The van der Waals surface area contributed by atoms with Gasteiger partial charge >= 0.3 is 0 Å². The molecule has 0 aromatic carbocycles. The molecule has 0 amide bonds. The van der Waals surface area contributed by atoms with Crippen molar-refractivity contribution in [2.24, 2.45) is 0 Å². The Hall–Kier alpha value is -0.0800. The lowest BCUT2D eigenvalue weighted by molar-refractivity contribution is 0.282. The van der Waals surface area contributed by atoms with Crippen molar-refractivity contribution in [2.45, 2.75) is 122 Å². The molecule has 1 N–H and O–H groups in total. The first-order valence-corrected chi connectivity index (χ1v) is 10.1. The number of ether oxygens (including phenoxy) is 1. The van der Waals surface area contributed by atoms with Gasteiger partial charge < -0.3 is 9.84 Å². The van der Waals surface area contributed by atoms with Gasteiger partial charge in [0.1, 0.15) is 0 Å². The summed E-state index contributed by atoms with van der Waals surface area (Å²) in [6, 6.07) is 0. The Labute approximate surface area is 139 Å². The molecule has 0 aromatic rings. The Morgan fingerprint density at radius 3 is 1.45 bits per heavy atom. The standard InChI is InChI=1S/C20H40O2/c1-2-3-4-10-13-16-19-20(22-19)17-14-11-8-6-5-7-9-12-15-18-21/h19-21H,2-18H2,1H3. The molecule has 132 valence electrons. The molecule has 1 aliphatic rings. The summed E-state index contributed by atoms with van der Waals surface area (Å²) in [5.74, 6) is 0. The van der Waals surface area contributed by atoms with Gasteiger partial charge in [-0.2, -0.15) is 0 Å². The second-order valence-electron chi connectivity index (χ2n) is 7.11. The lowest BCUT2D eigenvalue weighted by atomic mass is 10.0. The summed E-state index contributed by atoms with van der Waals surface area (Å²) in [5, 5.41) is 8.71. The maximum absolute atomic E-state index is 8.71. The van der Waals surface area contributed by atoms with Crippen LogP contribution in [0.5, 0.6) is 0 Å². The van der Waals surface area contributed by atoms with Gasteiger partial charge in [0.25, 0.3) is 0 Å². The highest BCUT2D eigenvalue weighted by Crippen LogP contribution is 2.31. The van der Waals surface area contributed by atoms with Gasteiger partial charge in [-0.25, -0.2) is 0 Å². The van der Waals surface area contributed by atoms with Crippen molar-refractivity contribution in [1.82, 2.24) is 0 Å². The fourth-order valence-corrected chi connectivity index (χ4v) is 3.33. The van der Waals surface area contributed by atoms with E-state index in [0.717, 1.165) is 6.42 Å². The number of epoxide rings is 1. The molecule has 0 saturated carbocycles. The van der Waals surface area contributed by atoms with Crippen molar-refractivity contribution in [1.29, 1.82) is 0 Å². The Balaban J connectivity index is 1.72. The predicted octanol–water partition coefficient (Wildman–Crippen LogP) is 6.01. The average molecular weight is 313 g/mol. The first-order valence-electron chi connectivity index (χ1n) is 10.1. The zero-order chi connectivity index (χ0) is 15.9. The van der Waals surface area contributed by atoms with E-state index in [-0.39, 0.29) is 0 Å². The van der Waals surface area contributed by atoms with Gasteiger partial charge in [0.05, 0.1) is 12.2 Å².